The minimum absolute atomic E-state index is 0.0152. The fourth-order valence-corrected chi connectivity index (χ4v) is 4.45. The van der Waals surface area contributed by atoms with E-state index in [0.717, 1.165) is 12.8 Å². The average Bonchev–Trinajstić information content (AvgIpc) is 3.23. The quantitative estimate of drug-likeness (QED) is 0.765. The zero-order valence-corrected chi connectivity index (χ0v) is 12.0. The molecule has 1 aliphatic heterocycles. The van der Waals surface area contributed by atoms with Crippen molar-refractivity contribution in [3.8, 4) is 6.07 Å². The molecule has 8 heteroatoms. The lowest BCUT2D eigenvalue weighted by molar-refractivity contribution is -0.142. The molecule has 1 heterocycles. The number of nitriles is 1. The van der Waals surface area contributed by atoms with Crippen LogP contribution < -0.4 is 0 Å². The van der Waals surface area contributed by atoms with Gasteiger partial charge in [-0.3, -0.25) is 4.79 Å². The standard InChI is InChI=1S/C12H19N3O4S/c13-6-2-8-15(11-4-5-11)20(18,19)14-7-1-3-10(9-14)12(16)17/h10-11H,1-5,7-9H2,(H,16,17). The van der Waals surface area contributed by atoms with E-state index in [-0.39, 0.29) is 25.6 Å². The summed E-state index contributed by atoms with van der Waals surface area (Å²) >= 11 is 0. The van der Waals surface area contributed by atoms with Gasteiger partial charge in [0.2, 0.25) is 0 Å². The highest BCUT2D eigenvalue weighted by molar-refractivity contribution is 7.86. The van der Waals surface area contributed by atoms with Gasteiger partial charge in [-0.25, -0.2) is 0 Å². The van der Waals surface area contributed by atoms with Crippen molar-refractivity contribution in [1.82, 2.24) is 8.61 Å². The molecule has 0 aromatic carbocycles. The Hall–Kier alpha value is -1.17. The van der Waals surface area contributed by atoms with Gasteiger partial charge in [0.25, 0.3) is 10.2 Å². The van der Waals surface area contributed by atoms with Crippen molar-refractivity contribution >= 4 is 16.2 Å². The lowest BCUT2D eigenvalue weighted by Gasteiger charge is -2.34. The number of carboxylic acids is 1. The van der Waals surface area contributed by atoms with Crippen LogP contribution in [0.25, 0.3) is 0 Å². The van der Waals surface area contributed by atoms with Crippen molar-refractivity contribution in [3.05, 3.63) is 0 Å². The second-order valence-electron chi connectivity index (χ2n) is 5.29. The fourth-order valence-electron chi connectivity index (χ4n) is 2.51. The summed E-state index contributed by atoms with van der Waals surface area (Å²) in [6.45, 7) is 0.590. The van der Waals surface area contributed by atoms with Crippen LogP contribution in [0.2, 0.25) is 0 Å². The normalized spacial score (nSPS) is 24.5. The summed E-state index contributed by atoms with van der Waals surface area (Å²) < 4.78 is 27.8. The van der Waals surface area contributed by atoms with Crippen LogP contribution in [0.4, 0.5) is 0 Å². The van der Waals surface area contributed by atoms with Crippen LogP contribution >= 0.6 is 0 Å². The lowest BCUT2D eigenvalue weighted by atomic mass is 10.0. The molecule has 1 unspecified atom stereocenters. The van der Waals surface area contributed by atoms with E-state index in [1.165, 1.54) is 8.61 Å². The molecule has 1 N–H and O–H groups in total. The Balaban J connectivity index is 2.11. The third-order valence-corrected chi connectivity index (χ3v) is 5.81. The van der Waals surface area contributed by atoms with Crippen molar-refractivity contribution < 1.29 is 18.3 Å². The molecule has 20 heavy (non-hydrogen) atoms. The second-order valence-corrected chi connectivity index (χ2v) is 7.17. The van der Waals surface area contributed by atoms with E-state index in [1.54, 1.807) is 0 Å². The Bertz CT molecular complexity index is 509. The first-order valence-corrected chi connectivity index (χ1v) is 8.23. The molecule has 0 bridgehead atoms. The van der Waals surface area contributed by atoms with E-state index in [2.05, 4.69) is 0 Å². The van der Waals surface area contributed by atoms with Crippen LogP contribution in [-0.2, 0) is 15.0 Å². The van der Waals surface area contributed by atoms with Gasteiger partial charge in [-0.15, -0.1) is 0 Å². The maximum atomic E-state index is 12.6. The summed E-state index contributed by atoms with van der Waals surface area (Å²) in [6.07, 6.45) is 2.88. The van der Waals surface area contributed by atoms with Crippen molar-refractivity contribution in [3.63, 3.8) is 0 Å². The van der Waals surface area contributed by atoms with Gasteiger partial charge in [-0.05, 0) is 25.7 Å². The SMILES string of the molecule is N#CCCN(C1CC1)S(=O)(=O)N1CCCC(C(=O)O)C1. The Morgan fingerprint density at radius 3 is 2.65 bits per heavy atom. The highest BCUT2D eigenvalue weighted by atomic mass is 32.2. The molecule has 7 nitrogen and oxygen atoms in total. The van der Waals surface area contributed by atoms with Crippen LogP contribution in [0, 0.1) is 17.2 Å². The van der Waals surface area contributed by atoms with Crippen LogP contribution in [0.5, 0.6) is 0 Å². The number of aliphatic carboxylic acids is 1. The number of hydrogen-bond donors (Lipinski definition) is 1. The van der Waals surface area contributed by atoms with Gasteiger partial charge in [0, 0.05) is 32.1 Å². The van der Waals surface area contributed by atoms with Crippen LogP contribution in [0.15, 0.2) is 0 Å². The minimum atomic E-state index is -3.65. The molecule has 2 fully saturated rings. The second kappa shape index (κ2) is 6.08. The monoisotopic (exact) mass is 301 g/mol. The van der Waals surface area contributed by atoms with E-state index in [0.29, 0.717) is 19.4 Å². The van der Waals surface area contributed by atoms with Crippen molar-refractivity contribution in [2.24, 2.45) is 5.92 Å². The molecule has 1 saturated heterocycles. The third-order valence-electron chi connectivity index (χ3n) is 3.75. The van der Waals surface area contributed by atoms with Gasteiger partial charge in [0.05, 0.1) is 12.0 Å². The highest BCUT2D eigenvalue weighted by Gasteiger charge is 2.42. The summed E-state index contributed by atoms with van der Waals surface area (Å²) in [5.74, 6) is -1.57. The Morgan fingerprint density at radius 1 is 1.40 bits per heavy atom. The molecule has 0 radical (unpaired) electrons. The minimum Gasteiger partial charge on any atom is -0.481 e. The molecule has 0 aromatic heterocycles. The first-order chi connectivity index (χ1) is 9.46. The number of hydrogen-bond acceptors (Lipinski definition) is 4. The number of carboxylic acid groups (broad SMARTS) is 1. The molecule has 0 amide bonds. The van der Waals surface area contributed by atoms with Gasteiger partial charge >= 0.3 is 5.97 Å². The third kappa shape index (κ3) is 3.29. The first-order valence-electron chi connectivity index (χ1n) is 6.83. The number of carbonyl (C=O) groups is 1. The predicted molar refractivity (Wildman–Crippen MR) is 70.8 cm³/mol. The van der Waals surface area contributed by atoms with Crippen LogP contribution in [-0.4, -0.2) is 53.8 Å². The largest absolute Gasteiger partial charge is 0.481 e. The van der Waals surface area contributed by atoms with Gasteiger partial charge in [0.1, 0.15) is 0 Å². The Labute approximate surface area is 119 Å². The molecule has 112 valence electrons. The molecular formula is C12H19N3O4S. The van der Waals surface area contributed by atoms with Crippen molar-refractivity contribution in [2.45, 2.75) is 38.1 Å². The van der Waals surface area contributed by atoms with Crippen LogP contribution in [0.1, 0.15) is 32.1 Å². The number of rotatable bonds is 6. The van der Waals surface area contributed by atoms with E-state index in [4.69, 9.17) is 10.4 Å². The average molecular weight is 301 g/mol. The maximum Gasteiger partial charge on any atom is 0.307 e. The van der Waals surface area contributed by atoms with Crippen molar-refractivity contribution in [1.29, 1.82) is 5.26 Å². The summed E-state index contributed by atoms with van der Waals surface area (Å²) in [5.41, 5.74) is 0. The molecule has 2 aliphatic rings. The van der Waals surface area contributed by atoms with E-state index in [1.807, 2.05) is 6.07 Å². The van der Waals surface area contributed by atoms with Gasteiger partial charge in [-0.2, -0.15) is 22.3 Å². The highest BCUT2D eigenvalue weighted by Crippen LogP contribution is 2.32. The molecule has 1 aliphatic carbocycles. The van der Waals surface area contributed by atoms with Gasteiger partial charge < -0.3 is 5.11 Å². The van der Waals surface area contributed by atoms with Gasteiger partial charge in [-0.1, -0.05) is 0 Å². The molecule has 2 rings (SSSR count). The Kier molecular flexibility index (Phi) is 4.62. The zero-order chi connectivity index (χ0) is 14.8. The van der Waals surface area contributed by atoms with Crippen molar-refractivity contribution in [2.75, 3.05) is 19.6 Å². The Morgan fingerprint density at radius 2 is 2.10 bits per heavy atom. The lowest BCUT2D eigenvalue weighted by Crippen LogP contribution is -2.50. The maximum absolute atomic E-state index is 12.6. The van der Waals surface area contributed by atoms with Crippen LogP contribution in [0.3, 0.4) is 0 Å². The fraction of sp³-hybridized carbons (Fsp3) is 0.833. The summed E-state index contributed by atoms with van der Waals surface area (Å²) in [5, 5.41) is 17.7. The van der Waals surface area contributed by atoms with E-state index >= 15 is 0 Å². The summed E-state index contributed by atoms with van der Waals surface area (Å²) in [7, 11) is -3.65. The summed E-state index contributed by atoms with van der Waals surface area (Å²) in [4.78, 5) is 11.0. The molecule has 0 spiro atoms. The molecular weight excluding hydrogens is 282 g/mol. The predicted octanol–water partition coefficient (Wildman–Crippen LogP) is 0.406. The van der Waals surface area contributed by atoms with Gasteiger partial charge in [0.15, 0.2) is 0 Å². The first kappa shape index (κ1) is 15.2. The molecule has 1 atom stereocenters. The zero-order valence-electron chi connectivity index (χ0n) is 11.2. The number of piperidine rings is 1. The smallest absolute Gasteiger partial charge is 0.307 e. The number of nitrogens with zero attached hydrogens (tertiary/aromatic N) is 3. The van der Waals surface area contributed by atoms with E-state index in [9.17, 15) is 13.2 Å². The summed E-state index contributed by atoms with van der Waals surface area (Å²) in [6, 6.07) is 1.95. The topological polar surface area (TPSA) is 102 Å². The molecule has 0 aromatic rings. The molecule has 1 saturated carbocycles. The van der Waals surface area contributed by atoms with E-state index < -0.39 is 22.1 Å².